The van der Waals surface area contributed by atoms with Gasteiger partial charge < -0.3 is 14.5 Å². The fourth-order valence-electron chi connectivity index (χ4n) is 5.60. The van der Waals surface area contributed by atoms with Crippen molar-refractivity contribution < 1.29 is 28.7 Å². The molecule has 0 aromatic heterocycles. The maximum absolute atomic E-state index is 12.8. The van der Waals surface area contributed by atoms with Crippen LogP contribution in [0.5, 0.6) is 0 Å². The molecule has 10 heteroatoms. The van der Waals surface area contributed by atoms with Crippen molar-refractivity contribution in [3.63, 3.8) is 0 Å². The van der Waals surface area contributed by atoms with Crippen LogP contribution in [0.2, 0.25) is 0 Å². The van der Waals surface area contributed by atoms with Gasteiger partial charge in [0.05, 0.1) is 36.0 Å². The van der Waals surface area contributed by atoms with Gasteiger partial charge in [-0.15, -0.1) is 0 Å². The smallest absolute Gasteiger partial charge is 0.331 e. The summed E-state index contributed by atoms with van der Waals surface area (Å²) in [6, 6.07) is 6.58. The molecule has 1 aliphatic carbocycles. The minimum Gasteiger partial charge on any atom is -0.455 e. The lowest BCUT2D eigenvalue weighted by molar-refractivity contribution is -0.209. The van der Waals surface area contributed by atoms with E-state index in [4.69, 9.17) is 4.74 Å². The largest absolute Gasteiger partial charge is 0.455 e. The van der Waals surface area contributed by atoms with Crippen LogP contribution in [0.3, 0.4) is 0 Å². The van der Waals surface area contributed by atoms with E-state index in [1.165, 1.54) is 15.9 Å². The van der Waals surface area contributed by atoms with Gasteiger partial charge in [0.2, 0.25) is 11.8 Å². The quantitative estimate of drug-likeness (QED) is 0.523. The van der Waals surface area contributed by atoms with E-state index in [9.17, 15) is 24.0 Å². The van der Waals surface area contributed by atoms with E-state index in [2.05, 4.69) is 10.6 Å². The van der Waals surface area contributed by atoms with E-state index >= 15 is 0 Å². The van der Waals surface area contributed by atoms with Crippen molar-refractivity contribution >= 4 is 35.9 Å². The summed E-state index contributed by atoms with van der Waals surface area (Å²) < 4.78 is 5.58. The molecule has 0 spiro atoms. The van der Waals surface area contributed by atoms with Gasteiger partial charge in [0.15, 0.2) is 0 Å². The van der Waals surface area contributed by atoms with Crippen molar-refractivity contribution in [3.05, 3.63) is 42.0 Å². The van der Waals surface area contributed by atoms with Gasteiger partial charge >= 0.3 is 18.0 Å². The Kier molecular flexibility index (Phi) is 4.20. The zero-order valence-corrected chi connectivity index (χ0v) is 17.5. The first kappa shape index (κ1) is 20.2. The Hall–Kier alpha value is -3.69. The number of hydrogen-bond acceptors (Lipinski definition) is 6. The lowest BCUT2D eigenvalue weighted by Gasteiger charge is -2.70. The van der Waals surface area contributed by atoms with Crippen LogP contribution in [0.25, 0.3) is 6.08 Å². The number of benzene rings is 1. The molecule has 0 bridgehead atoms. The monoisotopic (exact) mass is 438 g/mol. The lowest BCUT2D eigenvalue weighted by Crippen LogP contribution is -2.90. The van der Waals surface area contributed by atoms with Gasteiger partial charge in [-0.25, -0.2) is 14.4 Å². The number of nitrogens with zero attached hydrogens (tertiary/aromatic N) is 2. The Bertz CT molecular complexity index is 1030. The SMILES string of the molecule is CC12C(=O)NC(=O)N3CC(OC(=O)/C=C/c4ccccc4)CN4C(=O)NC(=O)C1(C)C4C32. The van der Waals surface area contributed by atoms with Gasteiger partial charge in [0, 0.05) is 6.08 Å². The second-order valence-corrected chi connectivity index (χ2v) is 8.92. The van der Waals surface area contributed by atoms with Gasteiger partial charge in [-0.3, -0.25) is 20.2 Å². The average Bonchev–Trinajstić information content (AvgIpc) is 2.93. The third-order valence-corrected chi connectivity index (χ3v) is 7.43. The minimum absolute atomic E-state index is 0.00512. The van der Waals surface area contributed by atoms with Crippen LogP contribution in [-0.2, 0) is 19.1 Å². The molecule has 4 fully saturated rings. The van der Waals surface area contributed by atoms with Gasteiger partial charge in [-0.05, 0) is 25.5 Å². The predicted octanol–water partition coefficient (Wildman–Crippen LogP) is 0.492. The highest BCUT2D eigenvalue weighted by Gasteiger charge is 2.81. The normalized spacial score (nSPS) is 35.5. The van der Waals surface area contributed by atoms with E-state index in [1.807, 2.05) is 30.3 Å². The zero-order chi connectivity index (χ0) is 22.8. The molecule has 4 unspecified atom stereocenters. The fraction of sp³-hybridized carbons (Fsp3) is 0.409. The molecule has 3 aliphatic heterocycles. The molecule has 1 saturated carbocycles. The van der Waals surface area contributed by atoms with E-state index in [-0.39, 0.29) is 13.1 Å². The summed E-state index contributed by atoms with van der Waals surface area (Å²) in [4.78, 5) is 66.2. The number of nitrogens with one attached hydrogen (secondary N) is 2. The summed E-state index contributed by atoms with van der Waals surface area (Å²) in [5.74, 6) is -1.72. The first-order chi connectivity index (χ1) is 15.2. The molecule has 166 valence electrons. The third-order valence-electron chi connectivity index (χ3n) is 7.43. The van der Waals surface area contributed by atoms with Gasteiger partial charge in [-0.2, -0.15) is 0 Å². The molecule has 3 saturated heterocycles. The number of fused-ring (bicyclic) bond motifs is 1. The number of esters is 1. The first-order valence-corrected chi connectivity index (χ1v) is 10.4. The summed E-state index contributed by atoms with van der Waals surface area (Å²) >= 11 is 0. The van der Waals surface area contributed by atoms with Gasteiger partial charge in [-0.1, -0.05) is 30.3 Å². The standard InChI is InChI=1S/C22H22N4O6/c1-21-15-16-22(21,2)18(29)24-20(31)26(16)11-13(10-25(15)19(30)23-17(21)28)32-14(27)9-8-12-6-4-3-5-7-12/h3-9,13,15-16H,10-11H2,1-2H3,(H,23,28,30)(H,24,29,31)/b9-8+. The number of ether oxygens (including phenoxy) is 1. The molecular formula is C22H22N4O6. The highest BCUT2D eigenvalue weighted by atomic mass is 16.5. The number of carbonyl (C=O) groups is 5. The number of amides is 6. The minimum atomic E-state index is -1.22. The summed E-state index contributed by atoms with van der Waals surface area (Å²) in [5, 5.41) is 4.65. The molecule has 2 N–H and O–H groups in total. The van der Waals surface area contributed by atoms with Crippen molar-refractivity contribution in [1.82, 2.24) is 20.4 Å². The average molecular weight is 438 g/mol. The third kappa shape index (κ3) is 2.49. The Morgan fingerprint density at radius 1 is 0.938 bits per heavy atom. The van der Waals surface area contributed by atoms with E-state index in [0.29, 0.717) is 0 Å². The molecule has 1 aromatic rings. The molecule has 4 aliphatic rings. The molecule has 5 rings (SSSR count). The van der Waals surface area contributed by atoms with Crippen LogP contribution in [0, 0.1) is 10.8 Å². The molecule has 10 nitrogen and oxygen atoms in total. The number of carbonyl (C=O) groups excluding carboxylic acids is 5. The van der Waals surface area contributed by atoms with Crippen molar-refractivity contribution in [2.45, 2.75) is 32.0 Å². The zero-order valence-electron chi connectivity index (χ0n) is 17.5. The summed E-state index contributed by atoms with van der Waals surface area (Å²) in [7, 11) is 0. The first-order valence-electron chi connectivity index (χ1n) is 10.4. The van der Waals surface area contributed by atoms with E-state index in [0.717, 1.165) is 5.56 Å². The summed E-state index contributed by atoms with van der Waals surface area (Å²) in [6.45, 7) is 3.25. The summed E-state index contributed by atoms with van der Waals surface area (Å²) in [5.41, 5.74) is -1.63. The molecule has 4 atom stereocenters. The van der Waals surface area contributed by atoms with Crippen LogP contribution in [0.1, 0.15) is 19.4 Å². The second kappa shape index (κ2) is 6.65. The van der Waals surface area contributed by atoms with E-state index in [1.54, 1.807) is 19.9 Å². The Morgan fingerprint density at radius 2 is 1.44 bits per heavy atom. The van der Waals surface area contributed by atoms with Crippen molar-refractivity contribution in [2.24, 2.45) is 10.8 Å². The Balaban J connectivity index is 1.45. The highest BCUT2D eigenvalue weighted by Crippen LogP contribution is 2.63. The molecule has 6 amide bonds. The van der Waals surface area contributed by atoms with Gasteiger partial charge in [0.25, 0.3) is 0 Å². The fourth-order valence-corrected chi connectivity index (χ4v) is 5.60. The van der Waals surface area contributed by atoms with Crippen molar-refractivity contribution in [2.75, 3.05) is 13.1 Å². The maximum Gasteiger partial charge on any atom is 0.331 e. The summed E-state index contributed by atoms with van der Waals surface area (Å²) in [6.07, 6.45) is 2.05. The van der Waals surface area contributed by atoms with Crippen LogP contribution in [-0.4, -0.2) is 70.9 Å². The predicted molar refractivity (Wildman–Crippen MR) is 110 cm³/mol. The number of rotatable bonds is 3. The van der Waals surface area contributed by atoms with Crippen LogP contribution >= 0.6 is 0 Å². The number of hydrogen-bond donors (Lipinski definition) is 2. The van der Waals surface area contributed by atoms with E-state index < -0.39 is 58.9 Å². The molecular weight excluding hydrogens is 416 g/mol. The van der Waals surface area contributed by atoms with Crippen molar-refractivity contribution in [1.29, 1.82) is 0 Å². The highest BCUT2D eigenvalue weighted by molar-refractivity contribution is 6.11. The lowest BCUT2D eigenvalue weighted by atomic mass is 9.42. The van der Waals surface area contributed by atoms with Crippen LogP contribution in [0.15, 0.2) is 36.4 Å². The number of imide groups is 2. The molecule has 32 heavy (non-hydrogen) atoms. The Morgan fingerprint density at radius 3 is 1.94 bits per heavy atom. The topological polar surface area (TPSA) is 125 Å². The molecule has 3 heterocycles. The second-order valence-electron chi connectivity index (χ2n) is 8.92. The Labute approximate surface area is 183 Å². The van der Waals surface area contributed by atoms with Crippen molar-refractivity contribution in [3.8, 4) is 0 Å². The molecule has 0 radical (unpaired) electrons. The number of urea groups is 2. The maximum atomic E-state index is 12.8. The van der Waals surface area contributed by atoms with Crippen LogP contribution in [0.4, 0.5) is 9.59 Å². The van der Waals surface area contributed by atoms with Gasteiger partial charge in [0.1, 0.15) is 6.10 Å². The molecule has 1 aromatic carbocycles. The van der Waals surface area contributed by atoms with Crippen LogP contribution < -0.4 is 10.6 Å².